The molecular formula is C15H14ClNO4S. The molecule has 0 aliphatic carbocycles. The molecular weight excluding hydrogens is 326 g/mol. The first-order chi connectivity index (χ1) is 10.3. The number of ether oxygens (including phenoxy) is 1. The molecule has 0 spiro atoms. The topological polar surface area (TPSA) is 72.5 Å². The van der Waals surface area contributed by atoms with E-state index < -0.39 is 10.0 Å². The van der Waals surface area contributed by atoms with Crippen LogP contribution in [0, 0.1) is 0 Å². The van der Waals surface area contributed by atoms with Crippen LogP contribution in [0.15, 0.2) is 47.4 Å². The fourth-order valence-corrected chi connectivity index (χ4v) is 3.12. The molecule has 0 bridgehead atoms. The fraction of sp³-hybridized carbons (Fsp3) is 0.133. The summed E-state index contributed by atoms with van der Waals surface area (Å²) in [6.45, 7) is 1.37. The number of hydrogen-bond acceptors (Lipinski definition) is 4. The summed E-state index contributed by atoms with van der Waals surface area (Å²) in [6.07, 6.45) is 0. The van der Waals surface area contributed by atoms with Crippen LogP contribution in [0.1, 0.15) is 17.3 Å². The van der Waals surface area contributed by atoms with E-state index >= 15 is 0 Å². The van der Waals surface area contributed by atoms with Gasteiger partial charge in [0.05, 0.1) is 17.7 Å². The highest BCUT2D eigenvalue weighted by molar-refractivity contribution is 7.92. The number of Topliss-reactive ketones (excluding diaryl/α,β-unsaturated/α-hetero) is 1. The van der Waals surface area contributed by atoms with Crippen molar-refractivity contribution < 1.29 is 17.9 Å². The first kappa shape index (κ1) is 16.3. The van der Waals surface area contributed by atoms with E-state index in [2.05, 4.69) is 4.72 Å². The van der Waals surface area contributed by atoms with Crippen molar-refractivity contribution in [3.05, 3.63) is 53.1 Å². The molecule has 0 aliphatic heterocycles. The third kappa shape index (κ3) is 3.58. The Morgan fingerprint density at radius 2 is 1.91 bits per heavy atom. The van der Waals surface area contributed by atoms with Gasteiger partial charge in [0.1, 0.15) is 5.75 Å². The second-order valence-corrected chi connectivity index (χ2v) is 6.65. The van der Waals surface area contributed by atoms with Crippen LogP contribution >= 0.6 is 11.6 Å². The van der Waals surface area contributed by atoms with Gasteiger partial charge in [-0.2, -0.15) is 0 Å². The van der Waals surface area contributed by atoms with Gasteiger partial charge in [-0.1, -0.05) is 23.7 Å². The largest absolute Gasteiger partial charge is 0.495 e. The highest BCUT2D eigenvalue weighted by atomic mass is 35.5. The fourth-order valence-electron chi connectivity index (χ4n) is 1.85. The maximum atomic E-state index is 12.4. The van der Waals surface area contributed by atoms with Crippen molar-refractivity contribution in [1.29, 1.82) is 0 Å². The summed E-state index contributed by atoms with van der Waals surface area (Å²) in [5, 5.41) is 0.371. The minimum absolute atomic E-state index is 0.0118. The maximum Gasteiger partial charge on any atom is 0.262 e. The number of hydrogen-bond donors (Lipinski definition) is 1. The lowest BCUT2D eigenvalue weighted by Gasteiger charge is -2.12. The predicted octanol–water partition coefficient (Wildman–Crippen LogP) is 3.35. The van der Waals surface area contributed by atoms with Crippen LogP contribution in [0.2, 0.25) is 5.02 Å². The summed E-state index contributed by atoms with van der Waals surface area (Å²) < 4.78 is 32.4. The van der Waals surface area contributed by atoms with Gasteiger partial charge in [0.15, 0.2) is 5.78 Å². The summed E-state index contributed by atoms with van der Waals surface area (Å²) >= 11 is 5.88. The molecule has 0 saturated carbocycles. The van der Waals surface area contributed by atoms with Gasteiger partial charge in [-0.05, 0) is 37.3 Å². The summed E-state index contributed by atoms with van der Waals surface area (Å²) in [5.74, 6) is 0.132. The van der Waals surface area contributed by atoms with Gasteiger partial charge in [0, 0.05) is 10.6 Å². The molecule has 0 unspecified atom stereocenters. The molecule has 0 heterocycles. The third-order valence-corrected chi connectivity index (χ3v) is 4.55. The molecule has 5 nitrogen and oxygen atoms in total. The molecule has 0 saturated heterocycles. The van der Waals surface area contributed by atoms with E-state index in [4.69, 9.17) is 16.3 Å². The number of nitrogens with one attached hydrogen (secondary N) is 1. The number of carbonyl (C=O) groups is 1. The maximum absolute atomic E-state index is 12.4. The summed E-state index contributed by atoms with van der Waals surface area (Å²) in [4.78, 5) is 11.4. The third-order valence-electron chi connectivity index (χ3n) is 2.96. The molecule has 116 valence electrons. The number of benzene rings is 2. The Balaban J connectivity index is 2.42. The van der Waals surface area contributed by atoms with Crippen molar-refractivity contribution in [3.63, 3.8) is 0 Å². The van der Waals surface area contributed by atoms with E-state index in [1.165, 1.54) is 38.3 Å². The number of ketones is 1. The molecule has 0 atom stereocenters. The average Bonchev–Trinajstić information content (AvgIpc) is 2.47. The summed E-state index contributed by atoms with van der Waals surface area (Å²) in [6, 6.07) is 10.4. The average molecular weight is 340 g/mol. The molecule has 2 aromatic carbocycles. The van der Waals surface area contributed by atoms with Crippen molar-refractivity contribution in [3.8, 4) is 5.75 Å². The predicted molar refractivity (Wildman–Crippen MR) is 85.3 cm³/mol. The quantitative estimate of drug-likeness (QED) is 0.848. The SMILES string of the molecule is COc1ccc(Cl)cc1NS(=O)(=O)c1cccc(C(C)=O)c1. The van der Waals surface area contributed by atoms with E-state index in [9.17, 15) is 13.2 Å². The van der Waals surface area contributed by atoms with Gasteiger partial charge in [-0.25, -0.2) is 8.42 Å². The zero-order valence-electron chi connectivity index (χ0n) is 12.0. The Hall–Kier alpha value is -2.05. The van der Waals surface area contributed by atoms with Crippen molar-refractivity contribution in [2.45, 2.75) is 11.8 Å². The normalized spacial score (nSPS) is 11.0. The molecule has 0 amide bonds. The lowest BCUT2D eigenvalue weighted by molar-refractivity contribution is 0.101. The number of halogens is 1. The molecule has 22 heavy (non-hydrogen) atoms. The number of anilines is 1. The van der Waals surface area contributed by atoms with Crippen molar-refractivity contribution >= 4 is 33.1 Å². The lowest BCUT2D eigenvalue weighted by atomic mass is 10.2. The van der Waals surface area contributed by atoms with Gasteiger partial charge in [0.2, 0.25) is 0 Å². The standard InChI is InChI=1S/C15H14ClNO4S/c1-10(18)11-4-3-5-13(8-11)22(19,20)17-14-9-12(16)6-7-15(14)21-2/h3-9,17H,1-2H3. The number of sulfonamides is 1. The van der Waals surface area contributed by atoms with E-state index in [0.29, 0.717) is 16.3 Å². The Labute approximate surface area is 133 Å². The van der Waals surface area contributed by atoms with Crippen molar-refractivity contribution in [2.24, 2.45) is 0 Å². The van der Waals surface area contributed by atoms with Crippen LogP contribution in [0.4, 0.5) is 5.69 Å². The second-order valence-electron chi connectivity index (χ2n) is 4.53. The van der Waals surface area contributed by atoms with Crippen molar-refractivity contribution in [2.75, 3.05) is 11.8 Å². The van der Waals surface area contributed by atoms with Crippen LogP contribution in [0.25, 0.3) is 0 Å². The smallest absolute Gasteiger partial charge is 0.262 e. The molecule has 0 aromatic heterocycles. The highest BCUT2D eigenvalue weighted by Crippen LogP contribution is 2.29. The Kier molecular flexibility index (Phi) is 4.73. The first-order valence-corrected chi connectivity index (χ1v) is 8.17. The minimum Gasteiger partial charge on any atom is -0.495 e. The van der Waals surface area contributed by atoms with E-state index in [1.54, 1.807) is 18.2 Å². The highest BCUT2D eigenvalue weighted by Gasteiger charge is 2.18. The van der Waals surface area contributed by atoms with Crippen molar-refractivity contribution in [1.82, 2.24) is 0 Å². The number of carbonyl (C=O) groups excluding carboxylic acids is 1. The first-order valence-electron chi connectivity index (χ1n) is 6.31. The molecule has 0 aliphatic rings. The zero-order chi connectivity index (χ0) is 16.3. The monoisotopic (exact) mass is 339 g/mol. The van der Waals surface area contributed by atoms with Crippen LogP contribution in [0.5, 0.6) is 5.75 Å². The molecule has 2 aromatic rings. The van der Waals surface area contributed by atoms with Gasteiger partial charge >= 0.3 is 0 Å². The van der Waals surface area contributed by atoms with E-state index in [-0.39, 0.29) is 16.4 Å². The molecule has 1 N–H and O–H groups in total. The lowest BCUT2D eigenvalue weighted by Crippen LogP contribution is -2.14. The van der Waals surface area contributed by atoms with Gasteiger partial charge in [0.25, 0.3) is 10.0 Å². The van der Waals surface area contributed by atoms with Crippen LogP contribution in [0.3, 0.4) is 0 Å². The second kappa shape index (κ2) is 6.37. The van der Waals surface area contributed by atoms with Gasteiger partial charge < -0.3 is 4.74 Å². The zero-order valence-corrected chi connectivity index (χ0v) is 13.5. The Morgan fingerprint density at radius 1 is 1.18 bits per heavy atom. The summed E-state index contributed by atoms with van der Waals surface area (Å²) in [5.41, 5.74) is 0.546. The number of methoxy groups -OCH3 is 1. The van der Waals surface area contributed by atoms with Gasteiger partial charge in [-0.3, -0.25) is 9.52 Å². The molecule has 0 radical (unpaired) electrons. The molecule has 2 rings (SSSR count). The minimum atomic E-state index is -3.86. The number of rotatable bonds is 5. The van der Waals surface area contributed by atoms with Crippen LogP contribution < -0.4 is 9.46 Å². The van der Waals surface area contributed by atoms with E-state index in [0.717, 1.165) is 0 Å². The van der Waals surface area contributed by atoms with Crippen LogP contribution in [-0.2, 0) is 10.0 Å². The Bertz CT molecular complexity index is 818. The van der Waals surface area contributed by atoms with Gasteiger partial charge in [-0.15, -0.1) is 0 Å². The molecule has 0 fully saturated rings. The molecule has 7 heteroatoms. The Morgan fingerprint density at radius 3 is 2.55 bits per heavy atom. The van der Waals surface area contributed by atoms with Crippen LogP contribution in [-0.4, -0.2) is 21.3 Å². The van der Waals surface area contributed by atoms with E-state index in [1.807, 2.05) is 0 Å². The summed E-state index contributed by atoms with van der Waals surface area (Å²) in [7, 11) is -2.43.